The SMILES string of the molecule is CC(CNc1nccc2sccc12)C(=O)O. The number of carbonyl (C=O) groups is 1. The molecule has 0 fully saturated rings. The quantitative estimate of drug-likeness (QED) is 0.855. The van der Waals surface area contributed by atoms with Crippen molar-refractivity contribution in [1.29, 1.82) is 0 Å². The molecular weight excluding hydrogens is 224 g/mol. The second-order valence-electron chi connectivity index (χ2n) is 3.61. The minimum atomic E-state index is -0.801. The summed E-state index contributed by atoms with van der Waals surface area (Å²) in [5.41, 5.74) is 0. The summed E-state index contributed by atoms with van der Waals surface area (Å²) < 4.78 is 1.15. The van der Waals surface area contributed by atoms with Crippen molar-refractivity contribution in [3.63, 3.8) is 0 Å². The minimum absolute atomic E-state index is 0.386. The number of aliphatic carboxylic acids is 1. The molecule has 0 radical (unpaired) electrons. The summed E-state index contributed by atoms with van der Waals surface area (Å²) in [4.78, 5) is 14.9. The zero-order valence-electron chi connectivity index (χ0n) is 8.80. The van der Waals surface area contributed by atoms with Crippen LogP contribution in [0.2, 0.25) is 0 Å². The largest absolute Gasteiger partial charge is 0.481 e. The van der Waals surface area contributed by atoms with Gasteiger partial charge in [-0.05, 0) is 17.5 Å². The van der Waals surface area contributed by atoms with Gasteiger partial charge in [-0.15, -0.1) is 11.3 Å². The first-order chi connectivity index (χ1) is 7.68. The molecule has 0 saturated carbocycles. The third-order valence-electron chi connectivity index (χ3n) is 2.38. The van der Waals surface area contributed by atoms with Crippen molar-refractivity contribution in [3.8, 4) is 0 Å². The van der Waals surface area contributed by atoms with Gasteiger partial charge in [0.25, 0.3) is 0 Å². The van der Waals surface area contributed by atoms with Crippen LogP contribution in [0, 0.1) is 5.92 Å². The third kappa shape index (κ3) is 2.14. The third-order valence-corrected chi connectivity index (χ3v) is 3.26. The van der Waals surface area contributed by atoms with E-state index in [0.29, 0.717) is 6.54 Å². The van der Waals surface area contributed by atoms with Gasteiger partial charge >= 0.3 is 5.97 Å². The molecule has 1 atom stereocenters. The summed E-state index contributed by atoms with van der Waals surface area (Å²) in [5, 5.41) is 14.9. The topological polar surface area (TPSA) is 62.2 Å². The normalized spacial score (nSPS) is 12.6. The summed E-state index contributed by atoms with van der Waals surface area (Å²) in [6, 6.07) is 3.94. The molecule has 0 aliphatic heterocycles. The highest BCUT2D eigenvalue weighted by atomic mass is 32.1. The van der Waals surface area contributed by atoms with E-state index in [1.165, 1.54) is 0 Å². The molecule has 2 aromatic rings. The molecule has 84 valence electrons. The minimum Gasteiger partial charge on any atom is -0.481 e. The molecule has 0 bridgehead atoms. The highest BCUT2D eigenvalue weighted by molar-refractivity contribution is 7.17. The number of thiophene rings is 1. The number of hydrogen-bond donors (Lipinski definition) is 2. The summed E-state index contributed by atoms with van der Waals surface area (Å²) >= 11 is 1.65. The monoisotopic (exact) mass is 236 g/mol. The van der Waals surface area contributed by atoms with Crippen LogP contribution in [0.4, 0.5) is 5.82 Å². The molecule has 0 spiro atoms. The Kier molecular flexibility index (Phi) is 3.05. The van der Waals surface area contributed by atoms with Gasteiger partial charge in [0, 0.05) is 22.8 Å². The van der Waals surface area contributed by atoms with E-state index in [1.54, 1.807) is 24.5 Å². The Bertz CT molecular complexity index is 509. The molecule has 16 heavy (non-hydrogen) atoms. The number of rotatable bonds is 4. The number of carboxylic acids is 1. The van der Waals surface area contributed by atoms with Crippen LogP contribution in [0.3, 0.4) is 0 Å². The lowest BCUT2D eigenvalue weighted by Gasteiger charge is -2.09. The highest BCUT2D eigenvalue weighted by Gasteiger charge is 2.11. The van der Waals surface area contributed by atoms with E-state index < -0.39 is 11.9 Å². The Morgan fingerprint density at radius 3 is 3.19 bits per heavy atom. The Morgan fingerprint density at radius 1 is 1.62 bits per heavy atom. The molecule has 0 amide bonds. The van der Waals surface area contributed by atoms with Crippen LogP contribution >= 0.6 is 11.3 Å². The maximum atomic E-state index is 10.7. The molecule has 0 aliphatic rings. The van der Waals surface area contributed by atoms with E-state index in [-0.39, 0.29) is 0 Å². The predicted molar refractivity (Wildman–Crippen MR) is 64.9 cm³/mol. The number of carboxylic acid groups (broad SMARTS) is 1. The number of nitrogens with zero attached hydrogens (tertiary/aromatic N) is 1. The first-order valence-electron chi connectivity index (χ1n) is 4.97. The van der Waals surface area contributed by atoms with Crippen LogP contribution in [-0.2, 0) is 4.79 Å². The van der Waals surface area contributed by atoms with Gasteiger partial charge < -0.3 is 10.4 Å². The zero-order valence-corrected chi connectivity index (χ0v) is 9.62. The van der Waals surface area contributed by atoms with Crippen LogP contribution in [-0.4, -0.2) is 22.6 Å². The number of fused-ring (bicyclic) bond motifs is 1. The lowest BCUT2D eigenvalue weighted by molar-refractivity contribution is -0.140. The number of pyridine rings is 1. The van der Waals surface area contributed by atoms with E-state index in [9.17, 15) is 4.79 Å². The second kappa shape index (κ2) is 4.49. The first kappa shape index (κ1) is 10.9. The van der Waals surface area contributed by atoms with Gasteiger partial charge in [-0.2, -0.15) is 0 Å². The number of aromatic nitrogens is 1. The van der Waals surface area contributed by atoms with Crippen LogP contribution in [0.1, 0.15) is 6.92 Å². The molecule has 2 rings (SSSR count). The summed E-state index contributed by atoms with van der Waals surface area (Å²) in [7, 11) is 0. The molecule has 0 saturated heterocycles. The molecule has 5 heteroatoms. The molecule has 0 aromatic carbocycles. The van der Waals surface area contributed by atoms with Crippen LogP contribution in [0.5, 0.6) is 0 Å². The second-order valence-corrected chi connectivity index (χ2v) is 4.56. The van der Waals surface area contributed by atoms with E-state index >= 15 is 0 Å². The number of nitrogens with one attached hydrogen (secondary N) is 1. The Labute approximate surface area is 96.9 Å². The lowest BCUT2D eigenvalue weighted by atomic mass is 10.2. The fourth-order valence-electron chi connectivity index (χ4n) is 1.37. The van der Waals surface area contributed by atoms with Gasteiger partial charge in [-0.1, -0.05) is 6.92 Å². The average molecular weight is 236 g/mol. The highest BCUT2D eigenvalue weighted by Crippen LogP contribution is 2.25. The zero-order chi connectivity index (χ0) is 11.5. The standard InChI is InChI=1S/C11H12N2O2S/c1-7(11(14)15)6-13-10-8-3-5-16-9(8)2-4-12-10/h2-5,7H,6H2,1H3,(H,12,13)(H,14,15). The van der Waals surface area contributed by atoms with Gasteiger partial charge in [0.1, 0.15) is 5.82 Å². The summed E-state index contributed by atoms with van der Waals surface area (Å²) in [6.07, 6.45) is 1.73. The van der Waals surface area contributed by atoms with E-state index in [4.69, 9.17) is 5.11 Å². The van der Waals surface area contributed by atoms with Crippen molar-refractivity contribution in [2.45, 2.75) is 6.92 Å². The first-order valence-corrected chi connectivity index (χ1v) is 5.85. The molecule has 2 aromatic heterocycles. The van der Waals surface area contributed by atoms with Crippen LogP contribution in [0.15, 0.2) is 23.7 Å². The van der Waals surface area contributed by atoms with E-state index in [2.05, 4.69) is 10.3 Å². The van der Waals surface area contributed by atoms with Gasteiger partial charge in [-0.3, -0.25) is 4.79 Å². The molecule has 2 N–H and O–H groups in total. The summed E-state index contributed by atoms with van der Waals surface area (Å²) in [6.45, 7) is 2.06. The van der Waals surface area contributed by atoms with Crippen LogP contribution in [0.25, 0.3) is 10.1 Å². The average Bonchev–Trinajstić information content (AvgIpc) is 2.73. The van der Waals surface area contributed by atoms with Gasteiger partial charge in [0.2, 0.25) is 0 Å². The fraction of sp³-hybridized carbons (Fsp3) is 0.273. The van der Waals surface area contributed by atoms with Crippen molar-refractivity contribution in [2.75, 3.05) is 11.9 Å². The number of anilines is 1. The Hall–Kier alpha value is -1.62. The van der Waals surface area contributed by atoms with Crippen molar-refractivity contribution in [3.05, 3.63) is 23.7 Å². The molecule has 4 nitrogen and oxygen atoms in total. The van der Waals surface area contributed by atoms with Crippen molar-refractivity contribution in [1.82, 2.24) is 4.98 Å². The molecule has 2 heterocycles. The number of hydrogen-bond acceptors (Lipinski definition) is 4. The Morgan fingerprint density at radius 2 is 2.44 bits per heavy atom. The smallest absolute Gasteiger partial charge is 0.308 e. The fourth-order valence-corrected chi connectivity index (χ4v) is 2.15. The van der Waals surface area contributed by atoms with Crippen molar-refractivity contribution in [2.24, 2.45) is 5.92 Å². The van der Waals surface area contributed by atoms with Gasteiger partial charge in [-0.25, -0.2) is 4.98 Å². The maximum Gasteiger partial charge on any atom is 0.308 e. The Balaban J connectivity index is 2.15. The predicted octanol–water partition coefficient (Wildman–Crippen LogP) is 2.43. The van der Waals surface area contributed by atoms with E-state index in [0.717, 1.165) is 15.9 Å². The van der Waals surface area contributed by atoms with Gasteiger partial charge in [0.15, 0.2) is 0 Å². The van der Waals surface area contributed by atoms with Gasteiger partial charge in [0.05, 0.1) is 5.92 Å². The molecular formula is C11H12N2O2S. The summed E-state index contributed by atoms with van der Waals surface area (Å²) in [5.74, 6) is -0.465. The van der Waals surface area contributed by atoms with Crippen LogP contribution < -0.4 is 5.32 Å². The molecule has 1 unspecified atom stereocenters. The lowest BCUT2D eigenvalue weighted by Crippen LogP contribution is -2.20. The van der Waals surface area contributed by atoms with Crippen molar-refractivity contribution >= 4 is 33.2 Å². The molecule has 0 aliphatic carbocycles. The maximum absolute atomic E-state index is 10.7. The van der Waals surface area contributed by atoms with Crippen molar-refractivity contribution < 1.29 is 9.90 Å². The van der Waals surface area contributed by atoms with E-state index in [1.807, 2.05) is 17.5 Å².